The summed E-state index contributed by atoms with van der Waals surface area (Å²) in [6, 6.07) is 7.23. The Balaban J connectivity index is 1.38. The molecule has 1 saturated heterocycles. The highest BCUT2D eigenvalue weighted by atomic mass is 35.5. The van der Waals surface area contributed by atoms with Gasteiger partial charge >= 0.3 is 0 Å². The standard InChI is InChI=1S/C27H26ClN5O4/c1-4-20(34)33-26(2)13-27(26,33)14-37-19-12-29-10-8-15(19)22-23(21-17(31-22)9-11-30-25(21)35)32-18-7-5-6-16(28)24(18)36-3/h4-8,10,12,31-32H,1,9,11,13-14H2,2-3H3,(H,30,35)/t26-,27+,33?/m1/s1. The molecule has 4 heterocycles. The third kappa shape index (κ3) is 3.41. The molecule has 1 aliphatic carbocycles. The third-order valence-corrected chi connectivity index (χ3v) is 7.99. The molecule has 0 bridgehead atoms. The van der Waals surface area contributed by atoms with Crippen LogP contribution in [-0.2, 0) is 11.2 Å². The summed E-state index contributed by atoms with van der Waals surface area (Å²) in [7, 11) is 1.55. The lowest BCUT2D eigenvalue weighted by atomic mass is 10.0. The van der Waals surface area contributed by atoms with E-state index in [0.29, 0.717) is 58.7 Å². The van der Waals surface area contributed by atoms with Crippen LogP contribution >= 0.6 is 11.6 Å². The number of nitrogens with one attached hydrogen (secondary N) is 3. The number of ether oxygens (including phenoxy) is 2. The van der Waals surface area contributed by atoms with Gasteiger partial charge in [0.1, 0.15) is 17.9 Å². The summed E-state index contributed by atoms with van der Waals surface area (Å²) in [6.07, 6.45) is 6.20. The van der Waals surface area contributed by atoms with Crippen LogP contribution in [-0.4, -0.2) is 58.0 Å². The zero-order chi connectivity index (χ0) is 25.9. The highest BCUT2D eigenvalue weighted by molar-refractivity contribution is 6.32. The number of para-hydroxylation sites is 1. The highest BCUT2D eigenvalue weighted by Gasteiger charge is 2.89. The molecule has 37 heavy (non-hydrogen) atoms. The van der Waals surface area contributed by atoms with Gasteiger partial charge in [0, 0.05) is 36.8 Å². The van der Waals surface area contributed by atoms with Gasteiger partial charge in [-0.2, -0.15) is 0 Å². The van der Waals surface area contributed by atoms with E-state index in [1.807, 2.05) is 23.1 Å². The first-order valence-corrected chi connectivity index (χ1v) is 12.4. The van der Waals surface area contributed by atoms with E-state index in [-0.39, 0.29) is 22.9 Å². The number of methoxy groups -OCH3 is 1. The maximum absolute atomic E-state index is 13.0. The summed E-state index contributed by atoms with van der Waals surface area (Å²) in [6.45, 7) is 6.55. The van der Waals surface area contributed by atoms with E-state index in [2.05, 4.69) is 34.1 Å². The van der Waals surface area contributed by atoms with Crippen molar-refractivity contribution in [3.8, 4) is 22.8 Å². The van der Waals surface area contributed by atoms with Crippen LogP contribution in [0.5, 0.6) is 11.5 Å². The van der Waals surface area contributed by atoms with Crippen molar-refractivity contribution in [3.63, 3.8) is 0 Å². The van der Waals surface area contributed by atoms with E-state index in [0.717, 1.165) is 17.7 Å². The van der Waals surface area contributed by atoms with Crippen LogP contribution < -0.4 is 20.1 Å². The summed E-state index contributed by atoms with van der Waals surface area (Å²) in [4.78, 5) is 34.7. The topological polar surface area (TPSA) is 108 Å². The fourth-order valence-electron chi connectivity index (χ4n) is 5.61. The van der Waals surface area contributed by atoms with Gasteiger partial charge in [-0.15, -0.1) is 0 Å². The second-order valence-corrected chi connectivity index (χ2v) is 10.1. The van der Waals surface area contributed by atoms with Crippen molar-refractivity contribution in [2.75, 3.05) is 25.6 Å². The summed E-state index contributed by atoms with van der Waals surface area (Å²) >= 11 is 6.36. The number of nitrogens with zero attached hydrogens (tertiary/aromatic N) is 2. The van der Waals surface area contributed by atoms with Gasteiger partial charge in [0.2, 0.25) is 5.91 Å². The van der Waals surface area contributed by atoms with Crippen LogP contribution in [0.1, 0.15) is 29.4 Å². The lowest BCUT2D eigenvalue weighted by Crippen LogP contribution is -2.31. The average molecular weight is 520 g/mol. The van der Waals surface area contributed by atoms with Crippen molar-refractivity contribution >= 4 is 34.8 Å². The molecule has 3 aromatic rings. The summed E-state index contributed by atoms with van der Waals surface area (Å²) in [5.41, 5.74) is 3.50. The molecule has 2 amide bonds. The molecule has 3 N–H and O–H groups in total. The third-order valence-electron chi connectivity index (χ3n) is 7.70. The number of hydrogen-bond acceptors (Lipinski definition) is 6. The van der Waals surface area contributed by atoms with Crippen molar-refractivity contribution in [1.82, 2.24) is 20.2 Å². The highest BCUT2D eigenvalue weighted by Crippen LogP contribution is 2.73. The molecule has 2 aliphatic heterocycles. The first-order valence-electron chi connectivity index (χ1n) is 12.0. The van der Waals surface area contributed by atoms with Crippen LogP contribution in [0.2, 0.25) is 5.02 Å². The number of halogens is 1. The Morgan fingerprint density at radius 2 is 2.22 bits per heavy atom. The van der Waals surface area contributed by atoms with E-state index in [4.69, 9.17) is 21.1 Å². The quantitative estimate of drug-likeness (QED) is 0.306. The minimum atomic E-state index is -0.310. The Morgan fingerprint density at radius 1 is 1.38 bits per heavy atom. The lowest BCUT2D eigenvalue weighted by molar-refractivity contribution is -0.124. The van der Waals surface area contributed by atoms with Crippen molar-refractivity contribution in [3.05, 3.63) is 65.6 Å². The molecule has 1 aromatic carbocycles. The number of H-pyrrole nitrogens is 1. The van der Waals surface area contributed by atoms with Crippen LogP contribution in [0.15, 0.2) is 49.3 Å². The van der Waals surface area contributed by atoms with Crippen molar-refractivity contribution in [2.24, 2.45) is 0 Å². The Morgan fingerprint density at radius 3 is 2.97 bits per heavy atom. The molecular weight excluding hydrogens is 494 g/mol. The Hall–Kier alpha value is -3.98. The van der Waals surface area contributed by atoms with E-state index in [1.54, 1.807) is 25.6 Å². The van der Waals surface area contributed by atoms with E-state index in [9.17, 15) is 9.59 Å². The second kappa shape index (κ2) is 8.27. The first kappa shape index (κ1) is 23.4. The van der Waals surface area contributed by atoms with E-state index >= 15 is 0 Å². The fraction of sp³-hybridized carbons (Fsp3) is 0.296. The molecule has 0 radical (unpaired) electrons. The average Bonchev–Trinajstić information content (AvgIpc) is 3.58. The molecule has 2 atom stereocenters. The Bertz CT molecular complexity index is 1470. The molecule has 3 aliphatic rings. The zero-order valence-electron chi connectivity index (χ0n) is 20.5. The molecular formula is C27H26ClN5O4. The number of benzene rings is 1. The summed E-state index contributed by atoms with van der Waals surface area (Å²) in [5, 5.41) is 6.76. The Labute approximate surface area is 218 Å². The van der Waals surface area contributed by atoms with Crippen molar-refractivity contribution in [1.29, 1.82) is 0 Å². The number of aromatic amines is 1. The number of amides is 2. The number of anilines is 2. The monoisotopic (exact) mass is 519 g/mol. The largest absolute Gasteiger partial charge is 0.493 e. The number of likely N-dealkylation sites (tertiary alicyclic amines) is 1. The van der Waals surface area contributed by atoms with Crippen LogP contribution in [0.3, 0.4) is 0 Å². The number of rotatable bonds is 8. The molecule has 10 heteroatoms. The number of carbonyl (C=O) groups excluding carboxylic acids is 2. The van der Waals surface area contributed by atoms with Gasteiger partial charge in [0.25, 0.3) is 5.91 Å². The molecule has 0 unspecified atom stereocenters. The van der Waals surface area contributed by atoms with Gasteiger partial charge in [-0.1, -0.05) is 24.2 Å². The van der Waals surface area contributed by atoms with E-state index in [1.165, 1.54) is 6.08 Å². The molecule has 0 spiro atoms. The summed E-state index contributed by atoms with van der Waals surface area (Å²) in [5.74, 6) is 0.756. The number of hydrogen-bond donors (Lipinski definition) is 3. The van der Waals surface area contributed by atoms with Gasteiger partial charge in [-0.3, -0.25) is 14.6 Å². The molecule has 9 nitrogen and oxygen atoms in total. The zero-order valence-corrected chi connectivity index (χ0v) is 21.2. The van der Waals surface area contributed by atoms with Gasteiger partial charge < -0.3 is 30.0 Å². The Kier molecular flexibility index (Phi) is 5.24. The summed E-state index contributed by atoms with van der Waals surface area (Å²) < 4.78 is 11.8. The fourth-order valence-corrected chi connectivity index (χ4v) is 5.86. The number of aromatic nitrogens is 2. The normalized spacial score (nSPS) is 22.9. The van der Waals surface area contributed by atoms with Gasteiger partial charge in [0.15, 0.2) is 5.75 Å². The van der Waals surface area contributed by atoms with Crippen LogP contribution in [0.25, 0.3) is 11.3 Å². The predicted octanol–water partition coefficient (Wildman–Crippen LogP) is 4.08. The minimum Gasteiger partial charge on any atom is -0.493 e. The van der Waals surface area contributed by atoms with Crippen LogP contribution in [0, 0.1) is 0 Å². The van der Waals surface area contributed by atoms with Crippen molar-refractivity contribution < 1.29 is 19.1 Å². The number of carbonyl (C=O) groups is 2. The van der Waals surface area contributed by atoms with Gasteiger partial charge in [-0.05, 0) is 31.2 Å². The second-order valence-electron chi connectivity index (χ2n) is 9.70. The van der Waals surface area contributed by atoms with Gasteiger partial charge in [-0.25, -0.2) is 0 Å². The minimum absolute atomic E-state index is 0.0891. The smallest absolute Gasteiger partial charge is 0.255 e. The molecule has 2 fully saturated rings. The first-order chi connectivity index (χ1) is 17.8. The van der Waals surface area contributed by atoms with Gasteiger partial charge in [0.05, 0.1) is 46.5 Å². The molecule has 2 aromatic heterocycles. The predicted molar refractivity (Wildman–Crippen MR) is 140 cm³/mol. The number of pyridine rings is 1. The maximum atomic E-state index is 13.0. The van der Waals surface area contributed by atoms with E-state index < -0.39 is 0 Å². The number of fused-ring (bicyclic) bond motifs is 2. The molecule has 190 valence electrons. The molecule has 1 saturated carbocycles. The SMILES string of the molecule is C=CC(=O)N1[C@]2(COc3cnccc3-c3[nH]c4c(c3Nc3cccc(Cl)c3OC)C(=O)NCC4)C[C@@]12C. The van der Waals surface area contributed by atoms with Crippen LogP contribution in [0.4, 0.5) is 11.4 Å². The van der Waals surface area contributed by atoms with Crippen molar-refractivity contribution in [2.45, 2.75) is 30.8 Å². The lowest BCUT2D eigenvalue weighted by Gasteiger charge is -2.18. The molecule has 6 rings (SSSR count). The maximum Gasteiger partial charge on any atom is 0.255 e.